The molecule has 1 unspecified atom stereocenters. The van der Waals surface area contributed by atoms with E-state index in [4.69, 9.17) is 4.74 Å². The molecule has 0 aliphatic carbocycles. The van der Waals surface area contributed by atoms with Gasteiger partial charge in [-0.15, -0.1) is 0 Å². The topological polar surface area (TPSA) is 72.2 Å². The van der Waals surface area contributed by atoms with Crippen molar-refractivity contribution in [1.29, 1.82) is 0 Å². The summed E-state index contributed by atoms with van der Waals surface area (Å²) < 4.78 is 6.72. The van der Waals surface area contributed by atoms with Gasteiger partial charge >= 0.3 is 0 Å². The Balaban J connectivity index is 2.42. The van der Waals surface area contributed by atoms with Crippen molar-refractivity contribution < 1.29 is 9.84 Å². The maximum atomic E-state index is 10.2. The Morgan fingerprint density at radius 1 is 1.59 bits per heavy atom. The molecule has 0 bridgehead atoms. The van der Waals surface area contributed by atoms with E-state index < -0.39 is 5.60 Å². The molecular formula is C11H22N4O2. The standard InChI is InChI=1S/C11H22N4O2/c1-4-15-10(13-9-14-15)7-11(2,16)8-12-5-6-17-3/h9,12,16H,4-8H2,1-3H3. The van der Waals surface area contributed by atoms with E-state index in [2.05, 4.69) is 15.4 Å². The molecule has 0 saturated heterocycles. The second-order valence-electron chi connectivity index (χ2n) is 4.34. The van der Waals surface area contributed by atoms with Crippen molar-refractivity contribution >= 4 is 0 Å². The number of hydrogen-bond donors (Lipinski definition) is 2. The molecule has 2 N–H and O–H groups in total. The van der Waals surface area contributed by atoms with Gasteiger partial charge < -0.3 is 15.2 Å². The molecule has 1 aromatic rings. The number of aromatic nitrogens is 3. The van der Waals surface area contributed by atoms with Crippen LogP contribution in [0.15, 0.2) is 6.33 Å². The van der Waals surface area contributed by atoms with Gasteiger partial charge in [-0.3, -0.25) is 4.68 Å². The highest BCUT2D eigenvalue weighted by molar-refractivity contribution is 4.93. The number of nitrogens with zero attached hydrogens (tertiary/aromatic N) is 3. The van der Waals surface area contributed by atoms with Crippen LogP contribution in [0.4, 0.5) is 0 Å². The van der Waals surface area contributed by atoms with E-state index in [1.165, 1.54) is 6.33 Å². The monoisotopic (exact) mass is 242 g/mol. The summed E-state index contributed by atoms with van der Waals surface area (Å²) in [5.41, 5.74) is -0.826. The van der Waals surface area contributed by atoms with Crippen LogP contribution in [0.5, 0.6) is 0 Å². The first-order valence-corrected chi connectivity index (χ1v) is 5.88. The molecule has 17 heavy (non-hydrogen) atoms. The van der Waals surface area contributed by atoms with E-state index in [-0.39, 0.29) is 0 Å². The zero-order valence-corrected chi connectivity index (χ0v) is 10.8. The van der Waals surface area contributed by atoms with Crippen LogP contribution in [0.25, 0.3) is 0 Å². The molecule has 1 atom stereocenters. The minimum Gasteiger partial charge on any atom is -0.388 e. The molecule has 1 rings (SSSR count). The van der Waals surface area contributed by atoms with Gasteiger partial charge in [0.15, 0.2) is 0 Å². The summed E-state index contributed by atoms with van der Waals surface area (Å²) in [4.78, 5) is 4.16. The Bertz CT molecular complexity index is 325. The Hall–Kier alpha value is -0.980. The van der Waals surface area contributed by atoms with Gasteiger partial charge in [-0.05, 0) is 13.8 Å². The summed E-state index contributed by atoms with van der Waals surface area (Å²) in [6.07, 6.45) is 2.01. The molecule has 6 heteroatoms. The lowest BCUT2D eigenvalue weighted by molar-refractivity contribution is 0.0551. The Morgan fingerprint density at radius 3 is 3.00 bits per heavy atom. The van der Waals surface area contributed by atoms with Gasteiger partial charge in [0, 0.05) is 33.2 Å². The molecule has 0 aromatic carbocycles. The SMILES string of the molecule is CCn1ncnc1CC(C)(O)CNCCOC. The predicted octanol–water partition coefficient (Wildman–Crippen LogP) is -0.172. The number of rotatable bonds is 8. The highest BCUT2D eigenvalue weighted by Crippen LogP contribution is 2.10. The lowest BCUT2D eigenvalue weighted by Gasteiger charge is -2.23. The maximum absolute atomic E-state index is 10.2. The van der Waals surface area contributed by atoms with Crippen molar-refractivity contribution in [1.82, 2.24) is 20.1 Å². The molecule has 0 fully saturated rings. The second kappa shape index (κ2) is 6.68. The molecule has 0 aliphatic rings. The fraction of sp³-hybridized carbons (Fsp3) is 0.818. The van der Waals surface area contributed by atoms with Gasteiger partial charge in [0.1, 0.15) is 12.2 Å². The van der Waals surface area contributed by atoms with E-state index in [0.29, 0.717) is 19.6 Å². The van der Waals surface area contributed by atoms with Crippen molar-refractivity contribution in [3.05, 3.63) is 12.2 Å². The minimum atomic E-state index is -0.826. The Morgan fingerprint density at radius 2 is 2.35 bits per heavy atom. The minimum absolute atomic E-state index is 0.487. The predicted molar refractivity (Wildman–Crippen MR) is 64.8 cm³/mol. The van der Waals surface area contributed by atoms with Crippen molar-refractivity contribution in [3.63, 3.8) is 0 Å². The number of nitrogens with one attached hydrogen (secondary N) is 1. The zero-order valence-electron chi connectivity index (χ0n) is 10.8. The molecule has 0 saturated carbocycles. The van der Waals surface area contributed by atoms with Gasteiger partial charge in [-0.2, -0.15) is 5.10 Å². The fourth-order valence-electron chi connectivity index (χ4n) is 1.62. The van der Waals surface area contributed by atoms with E-state index in [1.807, 2.05) is 6.92 Å². The fourth-order valence-corrected chi connectivity index (χ4v) is 1.62. The number of methoxy groups -OCH3 is 1. The van der Waals surface area contributed by atoms with Crippen molar-refractivity contribution in [2.45, 2.75) is 32.4 Å². The van der Waals surface area contributed by atoms with E-state index in [0.717, 1.165) is 18.9 Å². The lowest BCUT2D eigenvalue weighted by atomic mass is 10.0. The van der Waals surface area contributed by atoms with Crippen LogP contribution in [-0.4, -0.2) is 52.3 Å². The molecule has 0 amide bonds. The summed E-state index contributed by atoms with van der Waals surface area (Å²) in [6.45, 7) is 6.44. The third-order valence-electron chi connectivity index (χ3n) is 2.52. The van der Waals surface area contributed by atoms with E-state index in [9.17, 15) is 5.11 Å². The highest BCUT2D eigenvalue weighted by atomic mass is 16.5. The molecule has 0 spiro atoms. The molecule has 1 aromatic heterocycles. The molecule has 0 aliphatic heterocycles. The molecule has 1 heterocycles. The first-order valence-electron chi connectivity index (χ1n) is 5.88. The van der Waals surface area contributed by atoms with E-state index in [1.54, 1.807) is 18.7 Å². The van der Waals surface area contributed by atoms with Gasteiger partial charge in [0.25, 0.3) is 0 Å². The van der Waals surface area contributed by atoms with Crippen LogP contribution in [0.2, 0.25) is 0 Å². The third kappa shape index (κ3) is 4.80. The summed E-state index contributed by atoms with van der Waals surface area (Å²) in [6, 6.07) is 0. The molecular weight excluding hydrogens is 220 g/mol. The van der Waals surface area contributed by atoms with Crippen LogP contribution in [0.3, 0.4) is 0 Å². The number of hydrogen-bond acceptors (Lipinski definition) is 5. The van der Waals surface area contributed by atoms with Crippen molar-refractivity contribution in [2.24, 2.45) is 0 Å². The molecule has 6 nitrogen and oxygen atoms in total. The first kappa shape index (κ1) is 14.1. The number of aliphatic hydroxyl groups is 1. The van der Waals surface area contributed by atoms with Crippen LogP contribution >= 0.6 is 0 Å². The normalized spacial score (nSPS) is 14.8. The van der Waals surface area contributed by atoms with Gasteiger partial charge in [0.05, 0.1) is 12.2 Å². The summed E-state index contributed by atoms with van der Waals surface area (Å²) in [7, 11) is 1.66. The van der Waals surface area contributed by atoms with Crippen LogP contribution in [-0.2, 0) is 17.7 Å². The Labute approximate surface area is 102 Å². The molecule has 0 radical (unpaired) electrons. The first-order chi connectivity index (χ1) is 8.09. The number of aryl methyl sites for hydroxylation is 1. The van der Waals surface area contributed by atoms with Crippen molar-refractivity contribution in [3.8, 4) is 0 Å². The summed E-state index contributed by atoms with van der Waals surface area (Å²) in [5, 5.41) is 17.4. The number of ether oxygens (including phenoxy) is 1. The zero-order chi connectivity index (χ0) is 12.7. The Kier molecular flexibility index (Phi) is 5.54. The lowest BCUT2D eigenvalue weighted by Crippen LogP contribution is -2.41. The second-order valence-corrected chi connectivity index (χ2v) is 4.34. The van der Waals surface area contributed by atoms with Gasteiger partial charge in [0.2, 0.25) is 0 Å². The quantitative estimate of drug-likeness (QED) is 0.619. The van der Waals surface area contributed by atoms with Gasteiger partial charge in [-0.1, -0.05) is 0 Å². The molecule has 98 valence electrons. The van der Waals surface area contributed by atoms with Crippen LogP contribution in [0.1, 0.15) is 19.7 Å². The highest BCUT2D eigenvalue weighted by Gasteiger charge is 2.23. The van der Waals surface area contributed by atoms with E-state index >= 15 is 0 Å². The smallest absolute Gasteiger partial charge is 0.138 e. The maximum Gasteiger partial charge on any atom is 0.138 e. The summed E-state index contributed by atoms with van der Waals surface area (Å²) >= 11 is 0. The van der Waals surface area contributed by atoms with Crippen LogP contribution < -0.4 is 5.32 Å². The third-order valence-corrected chi connectivity index (χ3v) is 2.52. The largest absolute Gasteiger partial charge is 0.388 e. The summed E-state index contributed by atoms with van der Waals surface area (Å²) in [5.74, 6) is 0.811. The van der Waals surface area contributed by atoms with Gasteiger partial charge in [-0.25, -0.2) is 4.98 Å². The average molecular weight is 242 g/mol. The van der Waals surface area contributed by atoms with Crippen LogP contribution in [0, 0.1) is 0 Å². The average Bonchev–Trinajstić information content (AvgIpc) is 2.71. The van der Waals surface area contributed by atoms with Crippen molar-refractivity contribution in [2.75, 3.05) is 26.8 Å².